The minimum Gasteiger partial charge on any atom is -0.305 e. The van der Waals surface area contributed by atoms with Crippen LogP contribution in [0.5, 0.6) is 0 Å². The maximum Gasteiger partial charge on any atom is 0.0780 e. The van der Waals surface area contributed by atoms with Crippen LogP contribution < -0.4 is 5.19 Å². The van der Waals surface area contributed by atoms with E-state index in [9.17, 15) is 0 Å². The van der Waals surface area contributed by atoms with Crippen molar-refractivity contribution in [2.45, 2.75) is 64.6 Å². The lowest BCUT2D eigenvalue weighted by molar-refractivity contribution is 0.375. The van der Waals surface area contributed by atoms with Crippen LogP contribution in [0.1, 0.15) is 5.56 Å². The van der Waals surface area contributed by atoms with E-state index in [4.69, 9.17) is 0 Å². The largest absolute Gasteiger partial charge is 0.305 e. The zero-order chi connectivity index (χ0) is 17.2. The van der Waals surface area contributed by atoms with Gasteiger partial charge in [0.2, 0.25) is 0 Å². The Kier molecular flexibility index (Phi) is 6.47. The van der Waals surface area contributed by atoms with Crippen LogP contribution in [-0.4, -0.2) is 42.3 Å². The Bertz CT molecular complexity index is 484. The fourth-order valence-electron chi connectivity index (χ4n) is 3.96. The smallest absolute Gasteiger partial charge is 0.0780 e. The third kappa shape index (κ3) is 6.94. The number of hydrogen-bond acceptors (Lipinski definition) is 1. The van der Waals surface area contributed by atoms with Gasteiger partial charge in [-0.3, -0.25) is 0 Å². The van der Waals surface area contributed by atoms with Gasteiger partial charge in [0.25, 0.3) is 0 Å². The first-order valence-electron chi connectivity index (χ1n) is 8.57. The highest BCUT2D eigenvalue weighted by Gasteiger charge is 2.30. The normalized spacial score (nSPS) is 13.7. The van der Waals surface area contributed by atoms with Crippen molar-refractivity contribution >= 4 is 29.4 Å². The highest BCUT2D eigenvalue weighted by Crippen LogP contribution is 2.21. The molecule has 1 aromatic rings. The summed E-state index contributed by atoms with van der Waals surface area (Å²) in [5.74, 6) is 0. The van der Waals surface area contributed by atoms with Crippen LogP contribution in [0.4, 0.5) is 0 Å². The molecule has 0 radical (unpaired) electrons. The van der Waals surface area contributed by atoms with Gasteiger partial charge in [0.05, 0.1) is 16.1 Å². The number of rotatable bonds is 7. The molecule has 1 rings (SSSR count). The summed E-state index contributed by atoms with van der Waals surface area (Å²) in [6.45, 7) is 21.2. The molecule has 1 aromatic carbocycles. The summed E-state index contributed by atoms with van der Waals surface area (Å²) in [4.78, 5) is 2.59. The lowest BCUT2D eigenvalue weighted by atomic mass is 10.2. The van der Waals surface area contributed by atoms with Crippen LogP contribution in [0.15, 0.2) is 24.3 Å². The third-order valence-corrected chi connectivity index (χ3v) is 15.5. The third-order valence-electron chi connectivity index (χ3n) is 3.97. The van der Waals surface area contributed by atoms with E-state index in [0.717, 1.165) is 6.54 Å². The van der Waals surface area contributed by atoms with Crippen molar-refractivity contribution in [3.8, 4) is 0 Å². The summed E-state index contributed by atoms with van der Waals surface area (Å²) in [6, 6.07) is 9.12. The van der Waals surface area contributed by atoms with Crippen LogP contribution in [0.25, 0.3) is 0 Å². The van der Waals surface area contributed by atoms with E-state index in [0.29, 0.717) is 0 Å². The second kappa shape index (κ2) is 7.16. The molecular weight excluding hydrogens is 314 g/mol. The molecule has 0 fully saturated rings. The fraction of sp³-hybridized carbons (Fsp3) is 0.667. The molecule has 0 bridgehead atoms. The quantitative estimate of drug-likeness (QED) is 0.638. The second-order valence-electron chi connectivity index (χ2n) is 9.98. The van der Waals surface area contributed by atoms with Crippen molar-refractivity contribution in [1.82, 2.24) is 4.90 Å². The molecule has 0 saturated carbocycles. The van der Waals surface area contributed by atoms with Gasteiger partial charge >= 0.3 is 0 Å². The Morgan fingerprint density at radius 1 is 0.864 bits per heavy atom. The molecule has 0 amide bonds. The molecule has 0 aromatic heterocycles. The molecule has 0 N–H and O–H groups in total. The highest BCUT2D eigenvalue weighted by atomic mass is 28.4. The van der Waals surface area contributed by atoms with E-state index in [1.165, 1.54) is 11.8 Å². The predicted molar refractivity (Wildman–Crippen MR) is 111 cm³/mol. The van der Waals surface area contributed by atoms with E-state index >= 15 is 0 Å². The predicted octanol–water partition coefficient (Wildman–Crippen LogP) is 4.79. The van der Waals surface area contributed by atoms with Gasteiger partial charge in [0, 0.05) is 14.6 Å². The Morgan fingerprint density at radius 3 is 1.91 bits per heavy atom. The molecule has 0 unspecified atom stereocenters. The van der Waals surface area contributed by atoms with Crippen LogP contribution in [0.2, 0.25) is 58.0 Å². The Hall–Kier alpha value is -0.169. The van der Waals surface area contributed by atoms with Crippen LogP contribution in [-0.2, 0) is 6.54 Å². The number of hydrogen-bond donors (Lipinski definition) is 0. The van der Waals surface area contributed by atoms with E-state index in [1.807, 2.05) is 0 Å². The summed E-state index contributed by atoms with van der Waals surface area (Å²) in [5, 5.41) is 1.63. The minimum absolute atomic E-state index is 0.950. The highest BCUT2D eigenvalue weighted by molar-refractivity contribution is 6.94. The van der Waals surface area contributed by atoms with Crippen LogP contribution >= 0.6 is 0 Å². The lowest BCUT2D eigenvalue weighted by Crippen LogP contribution is -2.47. The fourth-order valence-corrected chi connectivity index (χ4v) is 19.2. The molecule has 0 atom stereocenters. The Labute approximate surface area is 142 Å². The molecular formula is C18H37NSi3. The van der Waals surface area contributed by atoms with Crippen molar-refractivity contribution in [1.29, 1.82) is 0 Å². The first-order valence-corrected chi connectivity index (χ1v) is 19.2. The van der Waals surface area contributed by atoms with Crippen molar-refractivity contribution in [3.05, 3.63) is 29.8 Å². The average Bonchev–Trinajstić information content (AvgIpc) is 2.23. The average molecular weight is 352 g/mol. The summed E-state index contributed by atoms with van der Waals surface area (Å²) in [7, 11) is -1.00. The van der Waals surface area contributed by atoms with Gasteiger partial charge in [0.15, 0.2) is 0 Å². The van der Waals surface area contributed by atoms with Crippen LogP contribution in [0, 0.1) is 0 Å². The lowest BCUT2D eigenvalue weighted by Gasteiger charge is -2.34. The van der Waals surface area contributed by atoms with Gasteiger partial charge in [-0.25, -0.2) is 0 Å². The van der Waals surface area contributed by atoms with Gasteiger partial charge in [-0.2, -0.15) is 0 Å². The van der Waals surface area contributed by atoms with E-state index < -0.39 is 24.2 Å². The molecule has 0 heterocycles. The van der Waals surface area contributed by atoms with Crippen molar-refractivity contribution < 1.29 is 0 Å². The monoisotopic (exact) mass is 351 g/mol. The zero-order valence-corrected chi connectivity index (χ0v) is 19.4. The summed E-state index contributed by atoms with van der Waals surface area (Å²) in [6.07, 6.45) is 1.32. The summed E-state index contributed by atoms with van der Waals surface area (Å²) < 4.78 is 0. The van der Waals surface area contributed by atoms with Gasteiger partial charge in [-0.05, 0) is 18.8 Å². The number of nitrogens with zero attached hydrogens (tertiary/aromatic N) is 1. The van der Waals surface area contributed by atoms with E-state index in [1.54, 1.807) is 10.8 Å². The molecule has 1 nitrogen and oxygen atoms in total. The summed E-state index contributed by atoms with van der Waals surface area (Å²) >= 11 is 0. The zero-order valence-electron chi connectivity index (χ0n) is 16.4. The Morgan fingerprint density at radius 2 is 1.41 bits per heavy atom. The van der Waals surface area contributed by atoms with Gasteiger partial charge < -0.3 is 4.90 Å². The molecule has 0 aliphatic carbocycles. The maximum atomic E-state index is 2.59. The molecule has 4 heteroatoms. The maximum absolute atomic E-state index is 2.59. The summed E-state index contributed by atoms with van der Waals surface area (Å²) in [5.41, 5.74) is 3.09. The van der Waals surface area contributed by atoms with Crippen molar-refractivity contribution in [2.24, 2.45) is 0 Å². The standard InChI is InChI=1S/C18H37NSi3/c1-19(15-22(8,9)16-20(2,3)4)14-17-12-10-11-13-18(17)21(5,6)7/h10-13H,14-16H2,1-9H3. The van der Waals surface area contributed by atoms with E-state index in [2.05, 4.69) is 88.6 Å². The molecule has 22 heavy (non-hydrogen) atoms. The number of benzene rings is 1. The van der Waals surface area contributed by atoms with Crippen molar-refractivity contribution in [3.63, 3.8) is 0 Å². The molecule has 0 aliphatic rings. The second-order valence-corrected chi connectivity index (χ2v) is 26.2. The van der Waals surface area contributed by atoms with Gasteiger partial charge in [-0.1, -0.05) is 87.5 Å². The SMILES string of the molecule is CN(Cc1ccccc1[Si](C)(C)C)C[Si](C)(C)C[Si](C)(C)C. The Balaban J connectivity index is 2.80. The minimum atomic E-state index is -1.25. The topological polar surface area (TPSA) is 3.24 Å². The van der Waals surface area contributed by atoms with Gasteiger partial charge in [-0.15, -0.1) is 0 Å². The first kappa shape index (κ1) is 19.9. The molecule has 0 spiro atoms. The van der Waals surface area contributed by atoms with Crippen LogP contribution in [0.3, 0.4) is 0 Å². The molecule has 126 valence electrons. The van der Waals surface area contributed by atoms with Crippen molar-refractivity contribution in [2.75, 3.05) is 13.2 Å². The first-order chi connectivity index (χ1) is 9.80. The van der Waals surface area contributed by atoms with E-state index in [-0.39, 0.29) is 0 Å². The molecule has 0 saturated heterocycles. The molecule has 0 aliphatic heterocycles. The van der Waals surface area contributed by atoms with Gasteiger partial charge in [0.1, 0.15) is 0 Å².